The number of benzene rings is 1. The predicted octanol–water partition coefficient (Wildman–Crippen LogP) is 3.09. The summed E-state index contributed by atoms with van der Waals surface area (Å²) in [6.07, 6.45) is 2.30. The average molecular weight is 233 g/mol. The molecule has 1 saturated carbocycles. The number of hydrogen-bond donors (Lipinski definition) is 2. The molecule has 0 spiro atoms. The van der Waals surface area contributed by atoms with E-state index in [9.17, 15) is 5.11 Å². The molecule has 1 fully saturated rings. The minimum atomic E-state index is 0.166. The van der Waals surface area contributed by atoms with Crippen molar-refractivity contribution in [1.29, 1.82) is 0 Å². The van der Waals surface area contributed by atoms with Crippen molar-refractivity contribution in [3.05, 3.63) is 29.6 Å². The molecular formula is C13H15NOS. The van der Waals surface area contributed by atoms with E-state index >= 15 is 0 Å². The van der Waals surface area contributed by atoms with Crippen LogP contribution in [0.4, 0.5) is 5.69 Å². The largest absolute Gasteiger partial charge is 0.396 e. The molecular weight excluding hydrogens is 218 g/mol. The summed E-state index contributed by atoms with van der Waals surface area (Å²) < 4.78 is 1.32. The monoisotopic (exact) mass is 233 g/mol. The van der Waals surface area contributed by atoms with Crippen LogP contribution < -0.4 is 5.32 Å². The highest BCUT2D eigenvalue weighted by molar-refractivity contribution is 7.17. The molecule has 2 nitrogen and oxygen atoms in total. The molecule has 1 aliphatic rings. The van der Waals surface area contributed by atoms with Crippen LogP contribution in [-0.2, 0) is 0 Å². The first-order valence-electron chi connectivity index (χ1n) is 5.64. The van der Waals surface area contributed by atoms with Gasteiger partial charge in [0.15, 0.2) is 0 Å². The Balaban J connectivity index is 1.81. The molecule has 3 heteroatoms. The highest BCUT2D eigenvalue weighted by Gasteiger charge is 2.41. The van der Waals surface area contributed by atoms with E-state index in [1.807, 2.05) is 0 Å². The molecule has 1 heterocycles. The van der Waals surface area contributed by atoms with Crippen LogP contribution in [0.3, 0.4) is 0 Å². The normalized spacial score (nSPS) is 17.6. The van der Waals surface area contributed by atoms with Crippen LogP contribution in [0.25, 0.3) is 10.1 Å². The Morgan fingerprint density at radius 1 is 1.31 bits per heavy atom. The SMILES string of the molecule is OCC1(CNc2cccc3ccsc23)CC1. The number of thiophene rings is 1. The zero-order chi connectivity index (χ0) is 11.0. The average Bonchev–Trinajstić information content (AvgIpc) is 2.94. The van der Waals surface area contributed by atoms with Crippen molar-refractivity contribution in [3.8, 4) is 0 Å². The summed E-state index contributed by atoms with van der Waals surface area (Å²) in [6.45, 7) is 1.20. The Morgan fingerprint density at radius 3 is 2.94 bits per heavy atom. The second-order valence-electron chi connectivity index (χ2n) is 4.66. The fourth-order valence-corrected chi connectivity index (χ4v) is 2.87. The number of fused-ring (bicyclic) bond motifs is 1. The van der Waals surface area contributed by atoms with E-state index in [1.165, 1.54) is 15.8 Å². The van der Waals surface area contributed by atoms with E-state index in [1.54, 1.807) is 11.3 Å². The Kier molecular flexibility index (Phi) is 2.37. The van der Waals surface area contributed by atoms with Crippen LogP contribution >= 0.6 is 11.3 Å². The van der Waals surface area contributed by atoms with Gasteiger partial charge in [0.25, 0.3) is 0 Å². The smallest absolute Gasteiger partial charge is 0.0574 e. The first-order chi connectivity index (χ1) is 7.83. The zero-order valence-corrected chi connectivity index (χ0v) is 9.89. The number of aliphatic hydroxyl groups excluding tert-OH is 1. The lowest BCUT2D eigenvalue weighted by molar-refractivity contribution is 0.220. The summed E-state index contributed by atoms with van der Waals surface area (Å²) in [7, 11) is 0. The predicted molar refractivity (Wildman–Crippen MR) is 69.1 cm³/mol. The Morgan fingerprint density at radius 2 is 2.19 bits per heavy atom. The van der Waals surface area contributed by atoms with Gasteiger partial charge in [-0.15, -0.1) is 11.3 Å². The highest BCUT2D eigenvalue weighted by atomic mass is 32.1. The molecule has 1 aromatic carbocycles. The van der Waals surface area contributed by atoms with E-state index in [2.05, 4.69) is 35.0 Å². The third kappa shape index (κ3) is 1.70. The van der Waals surface area contributed by atoms with E-state index in [4.69, 9.17) is 0 Å². The van der Waals surface area contributed by atoms with Crippen molar-refractivity contribution in [2.24, 2.45) is 5.41 Å². The lowest BCUT2D eigenvalue weighted by Crippen LogP contribution is -2.18. The van der Waals surface area contributed by atoms with Gasteiger partial charge < -0.3 is 10.4 Å². The third-order valence-corrected chi connectivity index (χ3v) is 4.39. The van der Waals surface area contributed by atoms with Crippen LogP contribution in [-0.4, -0.2) is 18.3 Å². The zero-order valence-electron chi connectivity index (χ0n) is 9.07. The van der Waals surface area contributed by atoms with Crippen molar-refractivity contribution in [1.82, 2.24) is 0 Å². The first-order valence-corrected chi connectivity index (χ1v) is 6.52. The molecule has 16 heavy (non-hydrogen) atoms. The third-order valence-electron chi connectivity index (χ3n) is 3.43. The number of nitrogens with one attached hydrogen (secondary N) is 1. The molecule has 2 N–H and O–H groups in total. The molecule has 0 aliphatic heterocycles. The molecule has 1 aliphatic carbocycles. The van der Waals surface area contributed by atoms with Gasteiger partial charge in [0, 0.05) is 12.0 Å². The van der Waals surface area contributed by atoms with Crippen LogP contribution in [0.2, 0.25) is 0 Å². The van der Waals surface area contributed by atoms with E-state index in [0.29, 0.717) is 6.61 Å². The summed E-state index contributed by atoms with van der Waals surface area (Å²) in [5.41, 5.74) is 1.37. The summed E-state index contributed by atoms with van der Waals surface area (Å²) >= 11 is 1.77. The minimum absolute atomic E-state index is 0.166. The number of hydrogen-bond acceptors (Lipinski definition) is 3. The topological polar surface area (TPSA) is 32.3 Å². The first kappa shape index (κ1) is 10.1. The van der Waals surface area contributed by atoms with Gasteiger partial charge in [0.2, 0.25) is 0 Å². The number of rotatable bonds is 4. The van der Waals surface area contributed by atoms with Crippen molar-refractivity contribution >= 4 is 27.1 Å². The second kappa shape index (κ2) is 3.75. The molecule has 2 aromatic rings. The van der Waals surface area contributed by atoms with E-state index < -0.39 is 0 Å². The maximum absolute atomic E-state index is 9.27. The van der Waals surface area contributed by atoms with Gasteiger partial charge in [-0.05, 0) is 35.7 Å². The quantitative estimate of drug-likeness (QED) is 0.850. The maximum atomic E-state index is 9.27. The molecule has 1 aromatic heterocycles. The standard InChI is InChI=1S/C13H15NOS/c15-9-13(5-6-13)8-14-11-3-1-2-10-4-7-16-12(10)11/h1-4,7,14-15H,5-6,8-9H2. The van der Waals surface area contributed by atoms with Gasteiger partial charge in [0.05, 0.1) is 17.0 Å². The van der Waals surface area contributed by atoms with Crippen LogP contribution in [0.15, 0.2) is 29.6 Å². The molecule has 84 valence electrons. The summed E-state index contributed by atoms with van der Waals surface area (Å²) in [6, 6.07) is 8.47. The van der Waals surface area contributed by atoms with Crippen molar-refractivity contribution in [3.63, 3.8) is 0 Å². The lowest BCUT2D eigenvalue weighted by atomic mass is 10.1. The van der Waals surface area contributed by atoms with Gasteiger partial charge in [-0.2, -0.15) is 0 Å². The Hall–Kier alpha value is -1.06. The molecule has 0 bridgehead atoms. The fraction of sp³-hybridized carbons (Fsp3) is 0.385. The van der Waals surface area contributed by atoms with Crippen LogP contribution in [0.5, 0.6) is 0 Å². The van der Waals surface area contributed by atoms with Crippen molar-refractivity contribution in [2.75, 3.05) is 18.5 Å². The van der Waals surface area contributed by atoms with E-state index in [0.717, 1.165) is 19.4 Å². The Bertz CT molecular complexity index is 501. The summed E-state index contributed by atoms with van der Waals surface area (Å²) in [5.74, 6) is 0. The van der Waals surface area contributed by atoms with Crippen molar-refractivity contribution in [2.45, 2.75) is 12.8 Å². The van der Waals surface area contributed by atoms with Gasteiger partial charge in [-0.1, -0.05) is 12.1 Å². The minimum Gasteiger partial charge on any atom is -0.396 e. The Labute approximate surface area is 98.9 Å². The van der Waals surface area contributed by atoms with Gasteiger partial charge in [-0.3, -0.25) is 0 Å². The summed E-state index contributed by atoms with van der Waals surface area (Å²) in [4.78, 5) is 0. The molecule has 0 atom stereocenters. The molecule has 3 rings (SSSR count). The second-order valence-corrected chi connectivity index (χ2v) is 5.57. The summed E-state index contributed by atoms with van der Waals surface area (Å²) in [5, 5.41) is 16.2. The van der Waals surface area contributed by atoms with Gasteiger partial charge >= 0.3 is 0 Å². The number of anilines is 1. The molecule has 0 radical (unpaired) electrons. The lowest BCUT2D eigenvalue weighted by Gasteiger charge is -2.14. The number of aliphatic hydroxyl groups is 1. The molecule has 0 amide bonds. The van der Waals surface area contributed by atoms with Crippen molar-refractivity contribution < 1.29 is 5.11 Å². The van der Waals surface area contributed by atoms with Crippen LogP contribution in [0, 0.1) is 5.41 Å². The van der Waals surface area contributed by atoms with Gasteiger partial charge in [0.1, 0.15) is 0 Å². The maximum Gasteiger partial charge on any atom is 0.0574 e. The van der Waals surface area contributed by atoms with E-state index in [-0.39, 0.29) is 5.41 Å². The fourth-order valence-electron chi connectivity index (χ4n) is 1.98. The molecule has 0 unspecified atom stereocenters. The van der Waals surface area contributed by atoms with Crippen LogP contribution in [0.1, 0.15) is 12.8 Å². The highest BCUT2D eigenvalue weighted by Crippen LogP contribution is 2.45. The molecule has 0 saturated heterocycles. The van der Waals surface area contributed by atoms with Gasteiger partial charge in [-0.25, -0.2) is 0 Å².